The number of hydrogen-bond acceptors (Lipinski definition) is 3. The van der Waals surface area contributed by atoms with Gasteiger partial charge in [0.2, 0.25) is 0 Å². The average molecular weight is 930 g/mol. The van der Waals surface area contributed by atoms with Crippen LogP contribution < -0.4 is 26.2 Å². The maximum Gasteiger partial charge on any atom is 0.252 e. The molecule has 7 aromatic carbocycles. The van der Waals surface area contributed by atoms with Crippen molar-refractivity contribution in [3.63, 3.8) is 0 Å². The van der Waals surface area contributed by atoms with Gasteiger partial charge in [0.1, 0.15) is 11.1 Å². The molecule has 4 nitrogen and oxygen atoms in total. The zero-order chi connectivity index (χ0) is 49.5. The van der Waals surface area contributed by atoms with E-state index in [1.807, 2.05) is 0 Å². The first-order valence-corrected chi connectivity index (χ1v) is 26.4. The van der Waals surface area contributed by atoms with E-state index in [-0.39, 0.29) is 33.9 Å². The van der Waals surface area contributed by atoms with E-state index in [9.17, 15) is 0 Å². The van der Waals surface area contributed by atoms with Gasteiger partial charge in [-0.15, -0.1) is 0 Å². The van der Waals surface area contributed by atoms with E-state index in [1.54, 1.807) is 0 Å². The second-order valence-electron chi connectivity index (χ2n) is 25.5. The van der Waals surface area contributed by atoms with Crippen molar-refractivity contribution in [3.8, 4) is 16.8 Å². The molecule has 5 heterocycles. The maximum atomic E-state index is 7.11. The van der Waals surface area contributed by atoms with Crippen molar-refractivity contribution in [1.29, 1.82) is 0 Å². The number of aryl methyl sites for hydroxylation is 2. The standard InChI is InChI=1S/C66H68BN3O/c1-39-31-43(62(3,4)5)25-27-52(39)68(53-28-26-44(32-40(53)2)63(6,7)8)46-37-54-57-55(38-46)70-60-49(65(12)29-19-20-30-66(65,70)13)33-42(41-21-15-14-16-22-41)34-50(60)67(57)51-36-45(64(9,10)11)35-48-58(51)69(54)59-47-23-17-18-24-56(47)71-61(48)59/h14-18,21-28,31-38H,19-20,29-30H2,1-13H3. The number of nitrogens with zero attached hydrogens (tertiary/aromatic N) is 3. The van der Waals surface area contributed by atoms with Gasteiger partial charge < -0.3 is 18.8 Å². The number of anilines is 5. The normalized spacial score (nSPS) is 19.2. The molecule has 13 rings (SSSR count). The monoisotopic (exact) mass is 930 g/mol. The van der Waals surface area contributed by atoms with Crippen molar-refractivity contribution in [1.82, 2.24) is 4.57 Å². The Labute approximate surface area is 421 Å². The van der Waals surface area contributed by atoms with Crippen molar-refractivity contribution in [3.05, 3.63) is 161 Å². The summed E-state index contributed by atoms with van der Waals surface area (Å²) in [6, 6.07) is 49.7. The number of aromatic nitrogens is 1. The first-order chi connectivity index (χ1) is 33.7. The lowest BCUT2D eigenvalue weighted by Crippen LogP contribution is -2.64. The molecular weight excluding hydrogens is 862 g/mol. The second kappa shape index (κ2) is 14.6. The predicted octanol–water partition coefficient (Wildman–Crippen LogP) is 16.1. The average Bonchev–Trinajstić information content (AvgIpc) is 3.93. The van der Waals surface area contributed by atoms with E-state index in [4.69, 9.17) is 4.42 Å². The van der Waals surface area contributed by atoms with Crippen molar-refractivity contribution in [2.45, 2.75) is 143 Å². The Bertz CT molecular complexity index is 3670. The van der Waals surface area contributed by atoms with Crippen molar-refractivity contribution >= 4 is 84.5 Å². The van der Waals surface area contributed by atoms with Crippen molar-refractivity contribution in [2.24, 2.45) is 0 Å². The number of rotatable bonds is 4. The van der Waals surface area contributed by atoms with Gasteiger partial charge in [0.15, 0.2) is 5.58 Å². The SMILES string of the molecule is Cc1cc(C(C)(C)C)ccc1N(c1cc2c3c(c1)-n1c4c(cc(C(C)(C)C)cc4c4oc5ccccc5c41)B3c1cc(-c3ccccc3)cc3c1N2C1(C)CCCCC31C)c1ccc(C(C)(C)C)cc1C. The first kappa shape index (κ1) is 44.5. The minimum atomic E-state index is -0.161. The molecule has 71 heavy (non-hydrogen) atoms. The van der Waals surface area contributed by atoms with Crippen LogP contribution in [0.15, 0.2) is 132 Å². The molecule has 2 atom stereocenters. The highest BCUT2D eigenvalue weighted by Crippen LogP contribution is 2.62. The summed E-state index contributed by atoms with van der Waals surface area (Å²) in [5, 5.41) is 2.35. The van der Waals surface area contributed by atoms with Crippen LogP contribution in [0.3, 0.4) is 0 Å². The highest BCUT2D eigenvalue weighted by Gasteiger charge is 2.61. The molecule has 1 saturated carbocycles. The van der Waals surface area contributed by atoms with Crippen molar-refractivity contribution in [2.75, 3.05) is 9.80 Å². The molecule has 2 aromatic heterocycles. The second-order valence-corrected chi connectivity index (χ2v) is 25.5. The van der Waals surface area contributed by atoms with Gasteiger partial charge in [-0.25, -0.2) is 0 Å². The van der Waals surface area contributed by atoms with Crippen LogP contribution in [0.4, 0.5) is 28.4 Å². The Kier molecular flexibility index (Phi) is 9.14. The van der Waals surface area contributed by atoms with Gasteiger partial charge >= 0.3 is 0 Å². The van der Waals surface area contributed by atoms with E-state index >= 15 is 0 Å². The highest BCUT2D eigenvalue weighted by molar-refractivity contribution is 7.00. The number of furan rings is 1. The summed E-state index contributed by atoms with van der Waals surface area (Å²) in [6.45, 7) is 30.9. The van der Waals surface area contributed by atoms with E-state index in [1.165, 1.54) is 119 Å². The number of para-hydroxylation sites is 1. The topological polar surface area (TPSA) is 24.6 Å². The fourth-order valence-corrected chi connectivity index (χ4v) is 13.8. The molecule has 3 aliphatic heterocycles. The molecule has 0 bridgehead atoms. The lowest BCUT2D eigenvalue weighted by Gasteiger charge is -2.52. The van der Waals surface area contributed by atoms with Crippen molar-refractivity contribution < 1.29 is 4.42 Å². The molecule has 0 amide bonds. The van der Waals surface area contributed by atoms with Crippen LogP contribution in [0.2, 0.25) is 0 Å². The van der Waals surface area contributed by atoms with Crippen LogP contribution in [0.5, 0.6) is 0 Å². The maximum absolute atomic E-state index is 7.11. The molecule has 1 aliphatic carbocycles. The minimum Gasteiger partial charge on any atom is -0.454 e. The Morgan fingerprint density at radius 3 is 1.83 bits per heavy atom. The largest absolute Gasteiger partial charge is 0.454 e. The Hall–Kier alpha value is -6.46. The summed E-state index contributed by atoms with van der Waals surface area (Å²) < 4.78 is 9.75. The van der Waals surface area contributed by atoms with E-state index in [0.717, 1.165) is 34.9 Å². The van der Waals surface area contributed by atoms with E-state index in [0.29, 0.717) is 0 Å². The third-order valence-electron chi connectivity index (χ3n) is 18.0. The summed E-state index contributed by atoms with van der Waals surface area (Å²) in [6.07, 6.45) is 4.73. The summed E-state index contributed by atoms with van der Waals surface area (Å²) in [4.78, 5) is 5.50. The van der Waals surface area contributed by atoms with Gasteiger partial charge in [-0.1, -0.05) is 161 Å². The lowest BCUT2D eigenvalue weighted by molar-refractivity contribution is 0.195. The van der Waals surface area contributed by atoms with Crippen LogP contribution in [0.1, 0.15) is 135 Å². The number of hydrogen-bond donors (Lipinski definition) is 0. The minimum absolute atomic E-state index is 0.00769. The molecule has 9 aromatic rings. The molecule has 1 fully saturated rings. The number of benzene rings is 7. The van der Waals surface area contributed by atoms with Crippen LogP contribution in [-0.2, 0) is 21.7 Å². The van der Waals surface area contributed by atoms with Gasteiger partial charge in [0.05, 0.1) is 16.7 Å². The van der Waals surface area contributed by atoms with Gasteiger partial charge in [0, 0.05) is 44.6 Å². The Balaban J connectivity index is 1.21. The molecule has 356 valence electrons. The summed E-state index contributed by atoms with van der Waals surface area (Å²) in [7, 11) is 0. The Morgan fingerprint density at radius 2 is 1.18 bits per heavy atom. The summed E-state index contributed by atoms with van der Waals surface area (Å²) in [5.74, 6) is 0. The molecule has 5 heteroatoms. The molecule has 0 N–H and O–H groups in total. The first-order valence-electron chi connectivity index (χ1n) is 26.4. The van der Waals surface area contributed by atoms with Gasteiger partial charge in [-0.05, 0) is 159 Å². The molecular formula is C66H68BN3O. The van der Waals surface area contributed by atoms with Crippen LogP contribution in [-0.4, -0.2) is 16.8 Å². The van der Waals surface area contributed by atoms with Crippen LogP contribution >= 0.6 is 0 Å². The fraction of sp³-hybridized carbons (Fsp3) is 0.333. The van der Waals surface area contributed by atoms with Crippen LogP contribution in [0, 0.1) is 13.8 Å². The smallest absolute Gasteiger partial charge is 0.252 e. The summed E-state index contributed by atoms with van der Waals surface area (Å²) >= 11 is 0. The molecule has 0 radical (unpaired) electrons. The van der Waals surface area contributed by atoms with Gasteiger partial charge in [0.25, 0.3) is 6.71 Å². The number of fused-ring (bicyclic) bond motifs is 12. The quantitative estimate of drug-likeness (QED) is 0.164. The lowest BCUT2D eigenvalue weighted by atomic mass is 9.33. The predicted molar refractivity (Wildman–Crippen MR) is 304 cm³/mol. The van der Waals surface area contributed by atoms with E-state index < -0.39 is 0 Å². The Morgan fingerprint density at radius 1 is 0.563 bits per heavy atom. The van der Waals surface area contributed by atoms with Gasteiger partial charge in [-0.3, -0.25) is 0 Å². The van der Waals surface area contributed by atoms with Gasteiger partial charge in [-0.2, -0.15) is 0 Å². The zero-order valence-corrected chi connectivity index (χ0v) is 44.3. The fourth-order valence-electron chi connectivity index (χ4n) is 13.8. The molecule has 2 unspecified atom stereocenters. The van der Waals surface area contributed by atoms with E-state index in [2.05, 4.69) is 232 Å². The zero-order valence-electron chi connectivity index (χ0n) is 44.3. The highest BCUT2D eigenvalue weighted by atomic mass is 16.3. The molecule has 4 aliphatic rings. The third-order valence-corrected chi connectivity index (χ3v) is 18.0. The molecule has 0 spiro atoms. The summed E-state index contributed by atoms with van der Waals surface area (Å²) in [5.41, 5.74) is 26.5. The van der Waals surface area contributed by atoms with Crippen LogP contribution in [0.25, 0.3) is 49.8 Å². The third kappa shape index (κ3) is 6.11. The molecule has 0 saturated heterocycles.